The summed E-state index contributed by atoms with van der Waals surface area (Å²) >= 11 is 0. The van der Waals surface area contributed by atoms with Gasteiger partial charge in [0.05, 0.1) is 5.56 Å². The Morgan fingerprint density at radius 2 is 1.49 bits per heavy atom. The molecule has 1 aromatic carbocycles. The number of aromatic nitrogens is 2. The number of hydrogen-bond donors (Lipinski definition) is 0. The van der Waals surface area contributed by atoms with E-state index in [1.54, 1.807) is 6.07 Å². The lowest BCUT2D eigenvalue weighted by atomic mass is 9.84. The lowest BCUT2D eigenvalue weighted by Crippen LogP contribution is -2.25. The summed E-state index contributed by atoms with van der Waals surface area (Å²) in [7, 11) is 0. The van der Waals surface area contributed by atoms with E-state index < -0.39 is 11.8 Å². The van der Waals surface area contributed by atoms with Crippen LogP contribution in [0.15, 0.2) is 30.6 Å². The van der Waals surface area contributed by atoms with Crippen LogP contribution in [0.1, 0.15) is 133 Å². The van der Waals surface area contributed by atoms with Crippen LogP contribution in [-0.2, 0) is 11.2 Å². The standard InChI is InChI=1S/C32H47FN2O2/c1-3-5-7-9-10-11-13-15-26-23-34-31(35-24-26)27-18-21-29(30(33)22-27)32(36)37-28-19-16-25(17-20-28)14-12-8-6-4-2/h18,21-25,28H,3-17,19-20H2,1-2H3/t25-,28-. The molecule has 0 radical (unpaired) electrons. The molecule has 0 unspecified atom stereocenters. The van der Waals surface area contributed by atoms with Crippen LogP contribution in [0.4, 0.5) is 4.39 Å². The van der Waals surface area contributed by atoms with Crippen LogP contribution in [0.25, 0.3) is 11.4 Å². The van der Waals surface area contributed by atoms with Crippen LogP contribution in [0.3, 0.4) is 0 Å². The second-order valence-corrected chi connectivity index (χ2v) is 10.9. The molecule has 0 amide bonds. The van der Waals surface area contributed by atoms with E-state index in [4.69, 9.17) is 4.74 Å². The Hall–Kier alpha value is -2.30. The van der Waals surface area contributed by atoms with Crippen LogP contribution in [0.2, 0.25) is 0 Å². The lowest BCUT2D eigenvalue weighted by Gasteiger charge is -2.28. The van der Waals surface area contributed by atoms with E-state index in [0.717, 1.165) is 50.0 Å². The Balaban J connectivity index is 1.43. The molecular formula is C32H47FN2O2. The zero-order valence-electron chi connectivity index (χ0n) is 23.2. The molecule has 3 rings (SSSR count). The molecule has 0 atom stereocenters. The maximum absolute atomic E-state index is 14.8. The van der Waals surface area contributed by atoms with Crippen LogP contribution in [0, 0.1) is 11.7 Å². The summed E-state index contributed by atoms with van der Waals surface area (Å²) < 4.78 is 20.5. The van der Waals surface area contributed by atoms with Crippen molar-refractivity contribution in [3.05, 3.63) is 47.5 Å². The third-order valence-electron chi connectivity index (χ3n) is 7.75. The fourth-order valence-electron chi connectivity index (χ4n) is 5.35. The topological polar surface area (TPSA) is 52.1 Å². The molecule has 1 aromatic heterocycles. The fraction of sp³-hybridized carbons (Fsp3) is 0.656. The third-order valence-corrected chi connectivity index (χ3v) is 7.75. The molecule has 1 aliphatic carbocycles. The van der Waals surface area contributed by atoms with Gasteiger partial charge in [-0.3, -0.25) is 0 Å². The maximum atomic E-state index is 14.8. The van der Waals surface area contributed by atoms with Gasteiger partial charge in [-0.25, -0.2) is 19.2 Å². The van der Waals surface area contributed by atoms with Crippen molar-refractivity contribution in [1.29, 1.82) is 0 Å². The molecule has 0 saturated heterocycles. The number of ether oxygens (including phenoxy) is 1. The largest absolute Gasteiger partial charge is 0.459 e. The highest BCUT2D eigenvalue weighted by atomic mass is 19.1. The summed E-state index contributed by atoms with van der Waals surface area (Å²) in [5.41, 5.74) is 1.66. The van der Waals surface area contributed by atoms with Gasteiger partial charge in [0.15, 0.2) is 5.82 Å². The Morgan fingerprint density at radius 3 is 2.14 bits per heavy atom. The normalized spacial score (nSPS) is 17.6. The monoisotopic (exact) mass is 510 g/mol. The molecule has 5 heteroatoms. The molecule has 1 saturated carbocycles. The van der Waals surface area contributed by atoms with Crippen molar-refractivity contribution in [1.82, 2.24) is 9.97 Å². The van der Waals surface area contributed by atoms with Gasteiger partial charge in [-0.1, -0.05) is 90.5 Å². The quantitative estimate of drug-likeness (QED) is 0.167. The number of rotatable bonds is 16. The summed E-state index contributed by atoms with van der Waals surface area (Å²) in [5, 5.41) is 0. The number of unbranched alkanes of at least 4 members (excludes halogenated alkanes) is 9. The van der Waals surface area contributed by atoms with Crippen LogP contribution in [-0.4, -0.2) is 22.0 Å². The third kappa shape index (κ3) is 10.2. The predicted molar refractivity (Wildman–Crippen MR) is 149 cm³/mol. The summed E-state index contributed by atoms with van der Waals surface area (Å²) in [6, 6.07) is 4.55. The molecule has 0 bridgehead atoms. The molecule has 37 heavy (non-hydrogen) atoms. The van der Waals surface area contributed by atoms with Crippen molar-refractivity contribution in [2.75, 3.05) is 0 Å². The summed E-state index contributed by atoms with van der Waals surface area (Å²) in [4.78, 5) is 21.5. The van der Waals surface area contributed by atoms with E-state index in [0.29, 0.717) is 11.4 Å². The van der Waals surface area contributed by atoms with Gasteiger partial charge in [-0.2, -0.15) is 0 Å². The number of nitrogens with zero attached hydrogens (tertiary/aromatic N) is 2. The first kappa shape index (κ1) is 29.3. The molecule has 204 valence electrons. The number of benzene rings is 1. The summed E-state index contributed by atoms with van der Waals surface area (Å²) in [6.45, 7) is 4.47. The molecule has 1 heterocycles. The average molecular weight is 511 g/mol. The second-order valence-electron chi connectivity index (χ2n) is 10.9. The number of esters is 1. The van der Waals surface area contributed by atoms with E-state index in [-0.39, 0.29) is 11.7 Å². The van der Waals surface area contributed by atoms with Crippen molar-refractivity contribution in [2.24, 2.45) is 5.92 Å². The Morgan fingerprint density at radius 1 is 0.865 bits per heavy atom. The fourth-order valence-corrected chi connectivity index (χ4v) is 5.35. The van der Waals surface area contributed by atoms with Gasteiger partial charge in [0.1, 0.15) is 11.9 Å². The SMILES string of the molecule is CCCCCCCCCc1cnc(-c2ccc(C(=O)O[C@H]3CC[C@H](CCCCCC)CC3)c(F)c2)nc1. The van der Waals surface area contributed by atoms with Gasteiger partial charge < -0.3 is 4.74 Å². The van der Waals surface area contributed by atoms with Gasteiger partial charge >= 0.3 is 5.97 Å². The van der Waals surface area contributed by atoms with Gasteiger partial charge in [-0.05, 0) is 62.1 Å². The first-order valence-corrected chi connectivity index (χ1v) is 14.9. The van der Waals surface area contributed by atoms with Crippen LogP contribution < -0.4 is 0 Å². The van der Waals surface area contributed by atoms with Crippen LogP contribution in [0.5, 0.6) is 0 Å². The summed E-state index contributed by atoms with van der Waals surface area (Å²) in [6.07, 6.45) is 23.9. The first-order chi connectivity index (χ1) is 18.1. The Kier molecular flexibility index (Phi) is 13.1. The van der Waals surface area contributed by atoms with E-state index in [1.165, 1.54) is 82.8 Å². The Labute approximate surface area is 223 Å². The maximum Gasteiger partial charge on any atom is 0.341 e. The van der Waals surface area contributed by atoms with Crippen molar-refractivity contribution in [3.63, 3.8) is 0 Å². The molecule has 4 nitrogen and oxygen atoms in total. The average Bonchev–Trinajstić information content (AvgIpc) is 2.92. The Bertz CT molecular complexity index is 923. The highest BCUT2D eigenvalue weighted by Gasteiger charge is 2.25. The van der Waals surface area contributed by atoms with E-state index in [1.807, 2.05) is 12.4 Å². The van der Waals surface area contributed by atoms with E-state index in [9.17, 15) is 9.18 Å². The number of carbonyl (C=O) groups is 1. The lowest BCUT2D eigenvalue weighted by molar-refractivity contribution is 0.0156. The van der Waals surface area contributed by atoms with Gasteiger partial charge in [0.25, 0.3) is 0 Å². The van der Waals surface area contributed by atoms with Gasteiger partial charge in [-0.15, -0.1) is 0 Å². The minimum absolute atomic E-state index is 0.0130. The number of carbonyl (C=O) groups excluding carboxylic acids is 1. The molecule has 0 spiro atoms. The highest BCUT2D eigenvalue weighted by molar-refractivity contribution is 5.90. The van der Waals surface area contributed by atoms with Crippen LogP contribution >= 0.6 is 0 Å². The minimum atomic E-state index is -0.581. The second kappa shape index (κ2) is 16.5. The van der Waals surface area contributed by atoms with E-state index >= 15 is 0 Å². The molecular weight excluding hydrogens is 463 g/mol. The molecule has 1 aliphatic rings. The molecule has 0 aliphatic heterocycles. The number of aryl methyl sites for hydroxylation is 1. The number of halogens is 1. The number of hydrogen-bond acceptors (Lipinski definition) is 4. The predicted octanol–water partition coefficient (Wildman–Crippen LogP) is 9.26. The summed E-state index contributed by atoms with van der Waals surface area (Å²) in [5.74, 6) is 0.0634. The molecule has 1 fully saturated rings. The smallest absolute Gasteiger partial charge is 0.341 e. The van der Waals surface area contributed by atoms with Crippen molar-refractivity contribution in [2.45, 2.75) is 129 Å². The zero-order chi connectivity index (χ0) is 26.3. The minimum Gasteiger partial charge on any atom is -0.459 e. The van der Waals surface area contributed by atoms with E-state index in [2.05, 4.69) is 23.8 Å². The first-order valence-electron chi connectivity index (χ1n) is 14.9. The van der Waals surface area contributed by atoms with Crippen molar-refractivity contribution >= 4 is 5.97 Å². The zero-order valence-corrected chi connectivity index (χ0v) is 23.2. The van der Waals surface area contributed by atoms with Gasteiger partial charge in [0, 0.05) is 18.0 Å². The molecule has 2 aromatic rings. The van der Waals surface area contributed by atoms with Gasteiger partial charge in [0.2, 0.25) is 0 Å². The van der Waals surface area contributed by atoms with Crippen molar-refractivity contribution in [3.8, 4) is 11.4 Å². The highest BCUT2D eigenvalue weighted by Crippen LogP contribution is 2.31. The van der Waals surface area contributed by atoms with Crippen molar-refractivity contribution < 1.29 is 13.9 Å². The molecule has 0 N–H and O–H groups in total.